The lowest BCUT2D eigenvalue weighted by Crippen LogP contribution is -2.10. The van der Waals surface area contributed by atoms with Crippen molar-refractivity contribution in [2.75, 3.05) is 0 Å². The predicted octanol–water partition coefficient (Wildman–Crippen LogP) is 14.4. The van der Waals surface area contributed by atoms with Crippen LogP contribution in [0.25, 0.3) is 100 Å². The van der Waals surface area contributed by atoms with Gasteiger partial charge in [-0.15, -0.1) is 0 Å². The lowest BCUT2D eigenvalue weighted by Gasteiger charge is -2.23. The van der Waals surface area contributed by atoms with Crippen LogP contribution in [-0.2, 0) is 12.8 Å². The molecule has 0 amide bonds. The first-order valence-electron chi connectivity index (χ1n) is 20.3. The first kappa shape index (κ1) is 31.9. The predicted molar refractivity (Wildman–Crippen MR) is 239 cm³/mol. The van der Waals surface area contributed by atoms with Gasteiger partial charge in [-0.2, -0.15) is 0 Å². The first-order chi connectivity index (χ1) is 28.7. The normalized spacial score (nSPS) is 14.1. The molecule has 0 spiro atoms. The van der Waals surface area contributed by atoms with Crippen molar-refractivity contribution >= 4 is 77.8 Å². The van der Waals surface area contributed by atoms with Crippen molar-refractivity contribution in [2.24, 2.45) is 0 Å². The number of furan rings is 2. The van der Waals surface area contributed by atoms with Gasteiger partial charge < -0.3 is 18.0 Å². The quantitative estimate of drug-likeness (QED) is 0.180. The molecule has 2 aliphatic carbocycles. The number of rotatable bonds is 4. The van der Waals surface area contributed by atoms with E-state index in [0.29, 0.717) is 0 Å². The fraction of sp³-hybridized carbons (Fsp3) is 0.0741. The Kier molecular flexibility index (Phi) is 6.65. The van der Waals surface area contributed by atoms with Gasteiger partial charge in [-0.1, -0.05) is 91.0 Å². The highest BCUT2D eigenvalue weighted by Gasteiger charge is 2.26. The summed E-state index contributed by atoms with van der Waals surface area (Å²) in [6.45, 7) is 0. The summed E-state index contributed by atoms with van der Waals surface area (Å²) in [6.07, 6.45) is 9.00. The van der Waals surface area contributed by atoms with Gasteiger partial charge >= 0.3 is 0 Å². The second kappa shape index (κ2) is 12.1. The Morgan fingerprint density at radius 2 is 0.828 bits per heavy atom. The Hall–Kier alpha value is -7.30. The molecular weight excluding hydrogens is 709 g/mol. The summed E-state index contributed by atoms with van der Waals surface area (Å²) in [7, 11) is 0. The Labute approximate surface area is 334 Å². The molecule has 0 aliphatic heterocycles. The van der Waals surface area contributed by atoms with Crippen LogP contribution in [0.15, 0.2) is 178 Å². The zero-order chi connectivity index (χ0) is 37.9. The Morgan fingerprint density at radius 1 is 0.345 bits per heavy atom. The molecule has 4 aromatic heterocycles. The van der Waals surface area contributed by atoms with E-state index in [1.807, 2.05) is 18.2 Å². The maximum Gasteiger partial charge on any atom is 0.135 e. The van der Waals surface area contributed by atoms with E-state index in [2.05, 4.69) is 161 Å². The van der Waals surface area contributed by atoms with E-state index in [0.717, 1.165) is 69.6 Å². The monoisotopic (exact) mass is 744 g/mol. The number of benzene rings is 7. The van der Waals surface area contributed by atoms with Crippen LogP contribution in [0.3, 0.4) is 0 Å². The van der Waals surface area contributed by atoms with Gasteiger partial charge in [-0.25, -0.2) is 0 Å². The minimum atomic E-state index is 0.922. The molecule has 4 heterocycles. The maximum atomic E-state index is 6.20. The van der Waals surface area contributed by atoms with Crippen LogP contribution in [0.4, 0.5) is 0 Å². The molecule has 7 aromatic carbocycles. The van der Waals surface area contributed by atoms with Crippen LogP contribution >= 0.6 is 0 Å². The van der Waals surface area contributed by atoms with Gasteiger partial charge in [-0.3, -0.25) is 0 Å². The fourth-order valence-electron chi connectivity index (χ4n) is 10.1. The zero-order valence-electron chi connectivity index (χ0n) is 31.7. The summed E-state index contributed by atoms with van der Waals surface area (Å²) in [6, 6.07) is 56.7. The van der Waals surface area contributed by atoms with E-state index in [4.69, 9.17) is 8.83 Å². The standard InChI is InChI=1S/C54H36N2O2/c1-5-16-47-39(12-1)43-29-34(20-24-49(43)55(47)37-11-9-10-33(28-37)36-22-26-53-45(31-36)41-14-3-7-18-51(41)57-53)35-21-25-50-44(30-35)40-13-2-6-17-48(40)56(50)38-23-27-54-46(32-38)42-15-4-8-19-52(42)58-54/h1-19,22-23,26-32H,20-21,24-25H2. The van der Waals surface area contributed by atoms with Crippen LogP contribution < -0.4 is 0 Å². The third-order valence-electron chi connectivity index (χ3n) is 12.8. The number of nitrogens with zero attached hydrogens (tertiary/aromatic N) is 2. The highest BCUT2D eigenvalue weighted by molar-refractivity contribution is 6.07. The molecule has 0 N–H and O–H groups in total. The van der Waals surface area contributed by atoms with E-state index in [1.54, 1.807) is 0 Å². The molecule has 11 aromatic rings. The van der Waals surface area contributed by atoms with E-state index < -0.39 is 0 Å². The molecule has 4 nitrogen and oxygen atoms in total. The summed E-state index contributed by atoms with van der Waals surface area (Å²) >= 11 is 0. The molecule has 2 aliphatic rings. The molecule has 58 heavy (non-hydrogen) atoms. The average Bonchev–Trinajstić information content (AvgIpc) is 4.03. The van der Waals surface area contributed by atoms with Crippen molar-refractivity contribution in [3.63, 3.8) is 0 Å². The third kappa shape index (κ3) is 4.63. The van der Waals surface area contributed by atoms with Gasteiger partial charge in [0.25, 0.3) is 0 Å². The van der Waals surface area contributed by atoms with Gasteiger partial charge in [-0.05, 0) is 127 Å². The zero-order valence-corrected chi connectivity index (χ0v) is 31.7. The van der Waals surface area contributed by atoms with Crippen LogP contribution in [0.5, 0.6) is 0 Å². The number of allylic oxidation sites excluding steroid dienone is 2. The molecular formula is C54H36N2O2. The highest BCUT2D eigenvalue weighted by atomic mass is 16.3. The molecule has 0 unspecified atom stereocenters. The Morgan fingerprint density at radius 3 is 1.45 bits per heavy atom. The van der Waals surface area contributed by atoms with Crippen molar-refractivity contribution < 1.29 is 8.83 Å². The first-order valence-corrected chi connectivity index (χ1v) is 20.3. The second-order valence-corrected chi connectivity index (χ2v) is 15.9. The number of fused-ring (bicyclic) bond motifs is 12. The van der Waals surface area contributed by atoms with Gasteiger partial charge in [0.15, 0.2) is 0 Å². The lowest BCUT2D eigenvalue weighted by molar-refractivity contribution is 0.668. The van der Waals surface area contributed by atoms with Crippen LogP contribution in [0.1, 0.15) is 35.4 Å². The van der Waals surface area contributed by atoms with Crippen molar-refractivity contribution in [1.82, 2.24) is 9.13 Å². The van der Waals surface area contributed by atoms with Crippen LogP contribution in [0, 0.1) is 0 Å². The summed E-state index contributed by atoms with van der Waals surface area (Å²) < 4.78 is 17.3. The molecule has 13 rings (SSSR count). The van der Waals surface area contributed by atoms with Gasteiger partial charge in [0.2, 0.25) is 0 Å². The molecule has 0 saturated carbocycles. The van der Waals surface area contributed by atoms with E-state index in [1.165, 1.54) is 78.0 Å². The number of hydrogen-bond donors (Lipinski definition) is 0. The molecule has 0 atom stereocenters. The largest absolute Gasteiger partial charge is 0.456 e. The van der Waals surface area contributed by atoms with Crippen LogP contribution in [0.2, 0.25) is 0 Å². The number of para-hydroxylation sites is 4. The van der Waals surface area contributed by atoms with E-state index in [9.17, 15) is 0 Å². The van der Waals surface area contributed by atoms with Crippen molar-refractivity contribution in [2.45, 2.75) is 25.7 Å². The lowest BCUT2D eigenvalue weighted by atomic mass is 9.85. The van der Waals surface area contributed by atoms with E-state index >= 15 is 0 Å². The van der Waals surface area contributed by atoms with Crippen molar-refractivity contribution in [3.8, 4) is 22.5 Å². The summed E-state index contributed by atoms with van der Waals surface area (Å²) in [4.78, 5) is 0. The van der Waals surface area contributed by atoms with Gasteiger partial charge in [0.1, 0.15) is 22.3 Å². The van der Waals surface area contributed by atoms with Crippen LogP contribution in [-0.4, -0.2) is 9.13 Å². The molecule has 0 saturated heterocycles. The maximum absolute atomic E-state index is 6.20. The topological polar surface area (TPSA) is 36.1 Å². The summed E-state index contributed by atoms with van der Waals surface area (Å²) in [5.41, 5.74) is 19.3. The molecule has 4 heteroatoms. The Balaban J connectivity index is 0.908. The second-order valence-electron chi connectivity index (χ2n) is 15.9. The van der Waals surface area contributed by atoms with Gasteiger partial charge in [0, 0.05) is 66.2 Å². The molecule has 0 bridgehead atoms. The minimum absolute atomic E-state index is 0.922. The minimum Gasteiger partial charge on any atom is -0.456 e. The molecule has 0 fully saturated rings. The SMILES string of the molecule is C1=C(C2=Cc3c(n(-c4ccc5oc6ccccc6c5c4)c4ccccc34)CC2)CCc2c1c1ccccc1n2-c1cccc(-c2ccc3oc4ccccc4c3c2)c1. The Bertz CT molecular complexity index is 3580. The third-order valence-corrected chi connectivity index (χ3v) is 12.8. The smallest absolute Gasteiger partial charge is 0.135 e. The summed E-state index contributed by atoms with van der Waals surface area (Å²) in [5.74, 6) is 0. The number of hydrogen-bond acceptors (Lipinski definition) is 2. The molecule has 0 radical (unpaired) electrons. The van der Waals surface area contributed by atoms with Crippen molar-refractivity contribution in [1.29, 1.82) is 0 Å². The highest BCUT2D eigenvalue weighted by Crippen LogP contribution is 2.43. The average molecular weight is 745 g/mol. The summed E-state index contributed by atoms with van der Waals surface area (Å²) in [5, 5.41) is 7.23. The molecule has 274 valence electrons. The van der Waals surface area contributed by atoms with E-state index in [-0.39, 0.29) is 0 Å². The fourth-order valence-corrected chi connectivity index (χ4v) is 10.1. The van der Waals surface area contributed by atoms with Crippen molar-refractivity contribution in [3.05, 3.63) is 191 Å². The van der Waals surface area contributed by atoms with Gasteiger partial charge in [0.05, 0.1) is 11.0 Å². The number of aromatic nitrogens is 2.